The summed E-state index contributed by atoms with van der Waals surface area (Å²) in [6.07, 6.45) is 4.60. The molecule has 0 saturated carbocycles. The molecule has 2 aromatic rings. The van der Waals surface area contributed by atoms with E-state index in [1.54, 1.807) is 4.57 Å². The minimum absolute atomic E-state index is 0.0726. The number of pyridine rings is 1. The highest BCUT2D eigenvalue weighted by Gasteiger charge is 2.12. The van der Waals surface area contributed by atoms with Gasteiger partial charge in [-0.2, -0.15) is 0 Å². The molecule has 1 heterocycles. The first-order chi connectivity index (χ1) is 9.67. The molecule has 1 aromatic heterocycles. The second-order valence-corrected chi connectivity index (χ2v) is 5.41. The van der Waals surface area contributed by atoms with Gasteiger partial charge in [-0.1, -0.05) is 45.2 Å². The van der Waals surface area contributed by atoms with Crippen LogP contribution in [0.4, 0.5) is 0 Å². The minimum Gasteiger partial charge on any atom is -0.507 e. The van der Waals surface area contributed by atoms with Gasteiger partial charge in [0, 0.05) is 18.0 Å². The second-order valence-electron chi connectivity index (χ2n) is 5.41. The molecule has 0 radical (unpaired) electrons. The normalized spacial score (nSPS) is 12.7. The lowest BCUT2D eigenvalue weighted by molar-refractivity contribution is 0.390. The number of benzene rings is 1. The molecule has 1 atom stereocenters. The van der Waals surface area contributed by atoms with Crippen LogP contribution in [0, 0.1) is 5.92 Å². The van der Waals surface area contributed by atoms with Crippen molar-refractivity contribution >= 4 is 10.9 Å². The van der Waals surface area contributed by atoms with E-state index < -0.39 is 0 Å². The van der Waals surface area contributed by atoms with Gasteiger partial charge in [-0.3, -0.25) is 4.79 Å². The molecule has 0 fully saturated rings. The average molecular weight is 273 g/mol. The van der Waals surface area contributed by atoms with Crippen LogP contribution in [-0.4, -0.2) is 9.67 Å². The molecule has 0 spiro atoms. The zero-order valence-corrected chi connectivity index (χ0v) is 12.3. The van der Waals surface area contributed by atoms with Crippen LogP contribution in [0.2, 0.25) is 0 Å². The van der Waals surface area contributed by atoms with E-state index in [0.717, 1.165) is 30.3 Å². The Bertz CT molecular complexity index is 630. The molecule has 3 heteroatoms. The Morgan fingerprint density at radius 3 is 2.70 bits per heavy atom. The van der Waals surface area contributed by atoms with Gasteiger partial charge in [-0.05, 0) is 24.5 Å². The van der Waals surface area contributed by atoms with Crippen molar-refractivity contribution in [1.82, 2.24) is 4.57 Å². The SMILES string of the molecule is CCCCC(CC)Cn1c(=O)cc(O)c2ccccc21. The zero-order valence-electron chi connectivity index (χ0n) is 12.3. The predicted octanol–water partition coefficient (Wildman–Crippen LogP) is 3.92. The van der Waals surface area contributed by atoms with E-state index in [1.165, 1.54) is 18.9 Å². The van der Waals surface area contributed by atoms with Gasteiger partial charge < -0.3 is 9.67 Å². The third-order valence-corrected chi connectivity index (χ3v) is 3.98. The molecule has 3 nitrogen and oxygen atoms in total. The molecule has 108 valence electrons. The fourth-order valence-corrected chi connectivity index (χ4v) is 2.68. The first kappa shape index (κ1) is 14.6. The molecule has 0 aliphatic heterocycles. The van der Waals surface area contributed by atoms with Crippen LogP contribution in [0.5, 0.6) is 5.75 Å². The highest BCUT2D eigenvalue weighted by Crippen LogP contribution is 2.23. The fourth-order valence-electron chi connectivity index (χ4n) is 2.68. The summed E-state index contributed by atoms with van der Waals surface area (Å²) in [5, 5.41) is 10.6. The summed E-state index contributed by atoms with van der Waals surface area (Å²) in [6, 6.07) is 8.88. The standard InChI is InChI=1S/C17H23NO2/c1-3-5-8-13(4-2)12-18-15-10-7-6-9-14(15)16(19)11-17(18)20/h6-7,9-11,13,19H,3-5,8,12H2,1-2H3. The maximum Gasteiger partial charge on any atom is 0.254 e. The third kappa shape index (κ3) is 3.03. The molecule has 0 bridgehead atoms. The zero-order chi connectivity index (χ0) is 14.5. The average Bonchev–Trinajstić information content (AvgIpc) is 2.46. The van der Waals surface area contributed by atoms with Crippen LogP contribution in [0.25, 0.3) is 10.9 Å². The number of hydrogen-bond acceptors (Lipinski definition) is 2. The summed E-state index contributed by atoms with van der Waals surface area (Å²) in [5.74, 6) is 0.587. The van der Waals surface area contributed by atoms with Crippen molar-refractivity contribution in [2.24, 2.45) is 5.92 Å². The van der Waals surface area contributed by atoms with Crippen LogP contribution in [-0.2, 0) is 6.54 Å². The summed E-state index contributed by atoms with van der Waals surface area (Å²) in [7, 11) is 0. The third-order valence-electron chi connectivity index (χ3n) is 3.98. The van der Waals surface area contributed by atoms with Gasteiger partial charge in [-0.25, -0.2) is 0 Å². The Hall–Kier alpha value is -1.77. The molecular weight excluding hydrogens is 250 g/mol. The summed E-state index contributed by atoms with van der Waals surface area (Å²) < 4.78 is 1.80. The van der Waals surface area contributed by atoms with Gasteiger partial charge in [0.25, 0.3) is 5.56 Å². The predicted molar refractivity (Wildman–Crippen MR) is 83.2 cm³/mol. The van der Waals surface area contributed by atoms with E-state index in [-0.39, 0.29) is 11.3 Å². The Kier molecular flexibility index (Phi) is 4.83. The van der Waals surface area contributed by atoms with Crippen molar-refractivity contribution in [3.8, 4) is 5.75 Å². The maximum absolute atomic E-state index is 12.2. The molecule has 0 amide bonds. The number of nitrogens with zero attached hydrogens (tertiary/aromatic N) is 1. The summed E-state index contributed by atoms with van der Waals surface area (Å²) in [4.78, 5) is 12.2. The van der Waals surface area contributed by atoms with Gasteiger partial charge in [-0.15, -0.1) is 0 Å². The quantitative estimate of drug-likeness (QED) is 0.866. The number of hydrogen-bond donors (Lipinski definition) is 1. The molecule has 0 saturated heterocycles. The molecular formula is C17H23NO2. The first-order valence-electron chi connectivity index (χ1n) is 7.48. The molecule has 0 aliphatic rings. The van der Waals surface area contributed by atoms with Crippen molar-refractivity contribution < 1.29 is 5.11 Å². The highest BCUT2D eigenvalue weighted by atomic mass is 16.3. The number of para-hydroxylation sites is 1. The number of aromatic nitrogens is 1. The van der Waals surface area contributed by atoms with Crippen molar-refractivity contribution in [2.45, 2.75) is 46.1 Å². The van der Waals surface area contributed by atoms with Gasteiger partial charge in [0.05, 0.1) is 5.52 Å². The first-order valence-corrected chi connectivity index (χ1v) is 7.48. The molecule has 0 aliphatic carbocycles. The summed E-state index contributed by atoms with van der Waals surface area (Å²) in [5.41, 5.74) is 0.712. The van der Waals surface area contributed by atoms with Crippen LogP contribution in [0.3, 0.4) is 0 Å². The monoisotopic (exact) mass is 273 g/mol. The van der Waals surface area contributed by atoms with Crippen molar-refractivity contribution in [3.63, 3.8) is 0 Å². The van der Waals surface area contributed by atoms with Crippen LogP contribution in [0.1, 0.15) is 39.5 Å². The topological polar surface area (TPSA) is 42.2 Å². The maximum atomic E-state index is 12.2. The van der Waals surface area contributed by atoms with E-state index in [1.807, 2.05) is 24.3 Å². The Labute approximate surface area is 119 Å². The number of aromatic hydroxyl groups is 1. The number of fused-ring (bicyclic) bond motifs is 1. The van der Waals surface area contributed by atoms with Gasteiger partial charge in [0.2, 0.25) is 0 Å². The number of rotatable bonds is 6. The van der Waals surface area contributed by atoms with Crippen molar-refractivity contribution in [1.29, 1.82) is 0 Å². The molecule has 1 N–H and O–H groups in total. The Morgan fingerprint density at radius 1 is 1.25 bits per heavy atom. The van der Waals surface area contributed by atoms with Crippen molar-refractivity contribution in [3.05, 3.63) is 40.7 Å². The van der Waals surface area contributed by atoms with E-state index >= 15 is 0 Å². The van der Waals surface area contributed by atoms with Crippen LogP contribution < -0.4 is 5.56 Å². The smallest absolute Gasteiger partial charge is 0.254 e. The van der Waals surface area contributed by atoms with Gasteiger partial charge in [0.15, 0.2) is 0 Å². The van der Waals surface area contributed by atoms with E-state index in [2.05, 4.69) is 13.8 Å². The van der Waals surface area contributed by atoms with Crippen LogP contribution >= 0.6 is 0 Å². The van der Waals surface area contributed by atoms with E-state index in [9.17, 15) is 9.90 Å². The van der Waals surface area contributed by atoms with Gasteiger partial charge >= 0.3 is 0 Å². The lowest BCUT2D eigenvalue weighted by atomic mass is 9.99. The summed E-state index contributed by atoms with van der Waals surface area (Å²) >= 11 is 0. The van der Waals surface area contributed by atoms with Crippen LogP contribution in [0.15, 0.2) is 35.1 Å². The van der Waals surface area contributed by atoms with E-state index in [0.29, 0.717) is 5.92 Å². The molecule has 20 heavy (non-hydrogen) atoms. The van der Waals surface area contributed by atoms with Gasteiger partial charge in [0.1, 0.15) is 5.75 Å². The Morgan fingerprint density at radius 2 is 2.00 bits per heavy atom. The second kappa shape index (κ2) is 6.60. The fraction of sp³-hybridized carbons (Fsp3) is 0.471. The highest BCUT2D eigenvalue weighted by molar-refractivity contribution is 5.84. The van der Waals surface area contributed by atoms with E-state index in [4.69, 9.17) is 0 Å². The minimum atomic E-state index is -0.115. The Balaban J connectivity index is 2.40. The number of unbranched alkanes of at least 4 members (excludes halogenated alkanes) is 1. The molecule has 2 rings (SSSR count). The molecule has 1 unspecified atom stereocenters. The molecule has 1 aromatic carbocycles. The van der Waals surface area contributed by atoms with Crippen molar-refractivity contribution in [2.75, 3.05) is 0 Å². The largest absolute Gasteiger partial charge is 0.507 e. The lowest BCUT2D eigenvalue weighted by Gasteiger charge is -2.18. The lowest BCUT2D eigenvalue weighted by Crippen LogP contribution is -2.23. The summed E-state index contributed by atoms with van der Waals surface area (Å²) in [6.45, 7) is 5.10.